The summed E-state index contributed by atoms with van der Waals surface area (Å²) in [5, 5.41) is 9.05. The molecule has 0 aliphatic rings. The topological polar surface area (TPSA) is 82.5 Å². The number of pyridine rings is 1. The van der Waals surface area contributed by atoms with Crippen molar-refractivity contribution in [1.29, 1.82) is 0 Å². The summed E-state index contributed by atoms with van der Waals surface area (Å²) in [6.45, 7) is 1.68. The van der Waals surface area contributed by atoms with Gasteiger partial charge < -0.3 is 14.9 Å². The molecule has 0 amide bonds. The van der Waals surface area contributed by atoms with Crippen LogP contribution in [0.15, 0.2) is 30.6 Å². The minimum absolute atomic E-state index is 0.186. The van der Waals surface area contributed by atoms with E-state index in [0.717, 1.165) is 13.1 Å². The normalized spacial score (nSPS) is 10.7. The van der Waals surface area contributed by atoms with Gasteiger partial charge in [0.15, 0.2) is 0 Å². The first-order chi connectivity index (χ1) is 10.5. The molecule has 7 heteroatoms. The second-order valence-corrected chi connectivity index (χ2v) is 5.20. The number of carboxylic acid groups (broad SMARTS) is 1. The Morgan fingerprint density at radius 1 is 1.09 bits per heavy atom. The molecule has 2 aromatic rings. The summed E-state index contributed by atoms with van der Waals surface area (Å²) in [6, 6.07) is 4.68. The number of nitrogens with zero attached hydrogens (tertiary/aromatic N) is 5. The van der Waals surface area contributed by atoms with Crippen molar-refractivity contribution >= 4 is 11.9 Å². The molecule has 2 heterocycles. The van der Waals surface area contributed by atoms with E-state index in [1.807, 2.05) is 26.0 Å². The Balaban J connectivity index is 2.24. The van der Waals surface area contributed by atoms with Gasteiger partial charge in [-0.2, -0.15) is 0 Å². The molecule has 0 aromatic carbocycles. The average Bonchev–Trinajstić information content (AvgIpc) is 2.52. The van der Waals surface area contributed by atoms with E-state index >= 15 is 0 Å². The summed E-state index contributed by atoms with van der Waals surface area (Å²) >= 11 is 0. The van der Waals surface area contributed by atoms with Gasteiger partial charge in [0, 0.05) is 32.5 Å². The van der Waals surface area contributed by atoms with Gasteiger partial charge >= 0.3 is 5.97 Å². The first kappa shape index (κ1) is 15.8. The van der Waals surface area contributed by atoms with E-state index < -0.39 is 5.97 Å². The minimum Gasteiger partial charge on any atom is -0.478 e. The lowest BCUT2D eigenvalue weighted by Gasteiger charge is -2.19. The first-order valence-corrected chi connectivity index (χ1v) is 6.86. The summed E-state index contributed by atoms with van der Waals surface area (Å²) in [5.74, 6) is -0.400. The van der Waals surface area contributed by atoms with E-state index in [1.54, 1.807) is 12.3 Å². The molecule has 0 saturated carbocycles. The molecular formula is C15H19N5O2. The molecule has 22 heavy (non-hydrogen) atoms. The highest BCUT2D eigenvalue weighted by Crippen LogP contribution is 2.17. The Bertz CT molecular complexity index is 660. The fraction of sp³-hybridized carbons (Fsp3) is 0.333. The lowest BCUT2D eigenvalue weighted by Crippen LogP contribution is -2.29. The van der Waals surface area contributed by atoms with Crippen molar-refractivity contribution in [2.75, 3.05) is 39.1 Å². The zero-order chi connectivity index (χ0) is 16.1. The highest BCUT2D eigenvalue weighted by Gasteiger charge is 2.10. The van der Waals surface area contributed by atoms with Gasteiger partial charge in [-0.25, -0.2) is 14.8 Å². The van der Waals surface area contributed by atoms with E-state index in [1.165, 1.54) is 18.3 Å². The van der Waals surface area contributed by atoms with E-state index in [9.17, 15) is 4.79 Å². The minimum atomic E-state index is -0.985. The van der Waals surface area contributed by atoms with Crippen molar-refractivity contribution in [1.82, 2.24) is 19.9 Å². The number of carbonyl (C=O) groups is 1. The quantitative estimate of drug-likeness (QED) is 0.859. The van der Waals surface area contributed by atoms with Gasteiger partial charge in [0.25, 0.3) is 0 Å². The average molecular weight is 301 g/mol. The van der Waals surface area contributed by atoms with Gasteiger partial charge in [-0.05, 0) is 32.3 Å². The van der Waals surface area contributed by atoms with Gasteiger partial charge in [0.1, 0.15) is 0 Å². The Kier molecular flexibility index (Phi) is 5.00. The third-order valence-electron chi connectivity index (χ3n) is 3.14. The third-order valence-corrected chi connectivity index (χ3v) is 3.14. The van der Waals surface area contributed by atoms with Gasteiger partial charge in [0.05, 0.1) is 17.0 Å². The van der Waals surface area contributed by atoms with Crippen molar-refractivity contribution < 1.29 is 9.90 Å². The van der Waals surface area contributed by atoms with Crippen LogP contribution in [0.4, 0.5) is 5.95 Å². The van der Waals surface area contributed by atoms with Crippen molar-refractivity contribution in [2.24, 2.45) is 0 Å². The molecule has 0 atom stereocenters. The van der Waals surface area contributed by atoms with Crippen molar-refractivity contribution in [3.63, 3.8) is 0 Å². The zero-order valence-electron chi connectivity index (χ0n) is 12.9. The van der Waals surface area contributed by atoms with Crippen molar-refractivity contribution in [2.45, 2.75) is 0 Å². The van der Waals surface area contributed by atoms with Crippen LogP contribution in [-0.4, -0.2) is 65.2 Å². The molecule has 0 bridgehead atoms. The highest BCUT2D eigenvalue weighted by molar-refractivity contribution is 5.88. The fourth-order valence-corrected chi connectivity index (χ4v) is 1.83. The van der Waals surface area contributed by atoms with Gasteiger partial charge in [-0.3, -0.25) is 4.98 Å². The molecule has 0 fully saturated rings. The van der Waals surface area contributed by atoms with Gasteiger partial charge in [-0.1, -0.05) is 0 Å². The lowest BCUT2D eigenvalue weighted by atomic mass is 10.2. The Labute approximate surface area is 129 Å². The van der Waals surface area contributed by atoms with Crippen LogP contribution in [0.1, 0.15) is 10.4 Å². The summed E-state index contributed by atoms with van der Waals surface area (Å²) in [6.07, 6.45) is 3.12. The standard InChI is InChI=1S/C15H19N5O2/c1-19(2)8-9-20(3)15-17-7-5-12(18-15)13-10-11(14(21)22)4-6-16-13/h4-7,10H,8-9H2,1-3H3,(H,21,22). The summed E-state index contributed by atoms with van der Waals surface area (Å²) in [4.78, 5) is 28.0. The number of anilines is 1. The SMILES string of the molecule is CN(C)CCN(C)c1nccc(-c2cc(C(=O)O)ccn2)n1. The maximum atomic E-state index is 11.0. The van der Waals surface area contributed by atoms with Crippen LogP contribution in [0.3, 0.4) is 0 Å². The first-order valence-electron chi connectivity index (χ1n) is 6.86. The number of hydrogen-bond acceptors (Lipinski definition) is 6. The number of rotatable bonds is 6. The van der Waals surface area contributed by atoms with E-state index in [4.69, 9.17) is 5.11 Å². The molecule has 1 N–H and O–H groups in total. The fourth-order valence-electron chi connectivity index (χ4n) is 1.83. The Morgan fingerprint density at radius 2 is 1.82 bits per heavy atom. The third kappa shape index (κ3) is 3.98. The van der Waals surface area contributed by atoms with E-state index in [0.29, 0.717) is 17.3 Å². The zero-order valence-corrected chi connectivity index (χ0v) is 12.9. The maximum absolute atomic E-state index is 11.0. The van der Waals surface area contributed by atoms with Gasteiger partial charge in [-0.15, -0.1) is 0 Å². The monoisotopic (exact) mass is 301 g/mol. The molecular weight excluding hydrogens is 282 g/mol. The predicted octanol–water partition coefficient (Wildman–Crippen LogP) is 1.23. The van der Waals surface area contributed by atoms with E-state index in [-0.39, 0.29) is 5.56 Å². The van der Waals surface area contributed by atoms with Crippen LogP contribution in [0.25, 0.3) is 11.4 Å². The van der Waals surface area contributed by atoms with Crippen LogP contribution in [0.2, 0.25) is 0 Å². The summed E-state index contributed by atoms with van der Waals surface area (Å²) < 4.78 is 0. The van der Waals surface area contributed by atoms with Crippen LogP contribution in [0, 0.1) is 0 Å². The molecule has 7 nitrogen and oxygen atoms in total. The van der Waals surface area contributed by atoms with Crippen molar-refractivity contribution in [3.8, 4) is 11.4 Å². The number of hydrogen-bond donors (Lipinski definition) is 1. The van der Waals surface area contributed by atoms with Crippen molar-refractivity contribution in [3.05, 3.63) is 36.2 Å². The second-order valence-electron chi connectivity index (χ2n) is 5.20. The second kappa shape index (κ2) is 6.95. The molecule has 0 spiro atoms. The van der Waals surface area contributed by atoms with Crippen LogP contribution >= 0.6 is 0 Å². The number of aromatic carboxylic acids is 1. The highest BCUT2D eigenvalue weighted by atomic mass is 16.4. The predicted molar refractivity (Wildman–Crippen MR) is 84.0 cm³/mol. The summed E-state index contributed by atoms with van der Waals surface area (Å²) in [5.41, 5.74) is 1.31. The number of likely N-dealkylation sites (N-methyl/N-ethyl adjacent to an activating group) is 2. The van der Waals surface area contributed by atoms with Crippen LogP contribution in [-0.2, 0) is 0 Å². The van der Waals surface area contributed by atoms with E-state index in [2.05, 4.69) is 19.9 Å². The molecule has 0 unspecified atom stereocenters. The Hall–Kier alpha value is -2.54. The lowest BCUT2D eigenvalue weighted by molar-refractivity contribution is 0.0697. The number of carboxylic acids is 1. The molecule has 0 saturated heterocycles. The molecule has 0 aliphatic heterocycles. The molecule has 2 aromatic heterocycles. The van der Waals surface area contributed by atoms with Gasteiger partial charge in [0.2, 0.25) is 5.95 Å². The molecule has 0 radical (unpaired) electrons. The molecule has 2 rings (SSSR count). The maximum Gasteiger partial charge on any atom is 0.335 e. The smallest absolute Gasteiger partial charge is 0.335 e. The number of aromatic nitrogens is 3. The largest absolute Gasteiger partial charge is 0.478 e. The molecule has 116 valence electrons. The molecule has 0 aliphatic carbocycles. The Morgan fingerprint density at radius 3 is 2.50 bits per heavy atom. The van der Waals surface area contributed by atoms with Crippen LogP contribution in [0.5, 0.6) is 0 Å². The van der Waals surface area contributed by atoms with Crippen LogP contribution < -0.4 is 4.90 Å². The summed E-state index contributed by atoms with van der Waals surface area (Å²) in [7, 11) is 5.93.